The molecule has 1 saturated heterocycles. The molecular formula is C28H34N6S. The Bertz CT molecular complexity index is 1300. The molecule has 182 valence electrons. The van der Waals surface area contributed by atoms with Gasteiger partial charge in [-0.1, -0.05) is 36.2 Å². The van der Waals surface area contributed by atoms with Crippen LogP contribution in [0.1, 0.15) is 35.8 Å². The van der Waals surface area contributed by atoms with Crippen LogP contribution in [0.25, 0.3) is 21.8 Å². The molecule has 1 atom stereocenters. The van der Waals surface area contributed by atoms with Crippen LogP contribution < -0.4 is 0 Å². The minimum Gasteiger partial charge on any atom is -0.353 e. The zero-order chi connectivity index (χ0) is 23.6. The molecule has 0 radical (unpaired) electrons. The lowest BCUT2D eigenvalue weighted by atomic mass is 9.90. The van der Waals surface area contributed by atoms with E-state index in [1.165, 1.54) is 39.5 Å². The molecule has 3 aromatic heterocycles. The van der Waals surface area contributed by atoms with Crippen molar-refractivity contribution in [3.63, 3.8) is 0 Å². The van der Waals surface area contributed by atoms with Crippen molar-refractivity contribution < 1.29 is 0 Å². The second-order valence-corrected chi connectivity index (χ2v) is 10.6. The number of benzene rings is 1. The van der Waals surface area contributed by atoms with Crippen molar-refractivity contribution in [2.24, 2.45) is 0 Å². The maximum absolute atomic E-state index is 4.89. The van der Waals surface area contributed by atoms with Crippen molar-refractivity contribution in [2.75, 3.05) is 45.5 Å². The number of H-pyrrole nitrogens is 1. The van der Waals surface area contributed by atoms with Gasteiger partial charge < -0.3 is 4.98 Å². The minimum absolute atomic E-state index is 0.342. The summed E-state index contributed by atoms with van der Waals surface area (Å²) in [4.78, 5) is 18.7. The molecule has 0 saturated carbocycles. The molecule has 1 aliphatic heterocycles. The highest BCUT2D eigenvalue weighted by atomic mass is 32.2. The fourth-order valence-electron chi connectivity index (χ4n) is 5.83. The van der Waals surface area contributed by atoms with E-state index in [-0.39, 0.29) is 0 Å². The summed E-state index contributed by atoms with van der Waals surface area (Å²) in [6, 6.07) is 15.4. The number of fused-ring (bicyclic) bond motifs is 4. The van der Waals surface area contributed by atoms with Crippen molar-refractivity contribution in [1.82, 2.24) is 29.1 Å². The summed E-state index contributed by atoms with van der Waals surface area (Å²) in [5.74, 6) is 0. The summed E-state index contributed by atoms with van der Waals surface area (Å²) in [6.07, 6.45) is 9.64. The molecule has 1 aliphatic carbocycles. The fraction of sp³-hybridized carbons (Fsp3) is 0.429. The first-order valence-corrected chi connectivity index (χ1v) is 14.0. The van der Waals surface area contributed by atoms with Crippen LogP contribution in [0.4, 0.5) is 0 Å². The zero-order valence-corrected chi connectivity index (χ0v) is 21.3. The highest BCUT2D eigenvalue weighted by molar-refractivity contribution is 7.96. The maximum atomic E-state index is 4.89. The van der Waals surface area contributed by atoms with Crippen molar-refractivity contribution in [1.29, 1.82) is 0 Å². The van der Waals surface area contributed by atoms with Crippen LogP contribution in [-0.4, -0.2) is 74.6 Å². The Morgan fingerprint density at radius 3 is 2.77 bits per heavy atom. The van der Waals surface area contributed by atoms with Gasteiger partial charge >= 0.3 is 0 Å². The third kappa shape index (κ3) is 4.70. The van der Waals surface area contributed by atoms with E-state index in [4.69, 9.17) is 9.97 Å². The van der Waals surface area contributed by atoms with Gasteiger partial charge in [0.2, 0.25) is 0 Å². The van der Waals surface area contributed by atoms with E-state index in [0.717, 1.165) is 64.3 Å². The molecule has 0 amide bonds. The predicted octanol–water partition coefficient (Wildman–Crippen LogP) is 4.89. The number of aromatic amines is 1. The van der Waals surface area contributed by atoms with E-state index in [1.807, 2.05) is 24.3 Å². The highest BCUT2D eigenvalue weighted by Crippen LogP contribution is 2.35. The summed E-state index contributed by atoms with van der Waals surface area (Å²) in [7, 11) is 0. The molecule has 35 heavy (non-hydrogen) atoms. The molecule has 4 heterocycles. The average Bonchev–Trinajstić information content (AvgIpc) is 3.31. The monoisotopic (exact) mass is 486 g/mol. The number of para-hydroxylation sites is 1. The van der Waals surface area contributed by atoms with Crippen molar-refractivity contribution in [3.8, 4) is 0 Å². The van der Waals surface area contributed by atoms with Crippen LogP contribution >= 0.6 is 11.9 Å². The van der Waals surface area contributed by atoms with Crippen LogP contribution in [0.15, 0.2) is 54.9 Å². The molecule has 7 heteroatoms. The number of nitrogens with one attached hydrogen (secondary N) is 1. The van der Waals surface area contributed by atoms with Crippen LogP contribution in [0.5, 0.6) is 0 Å². The molecule has 1 aromatic carbocycles. The third-order valence-electron chi connectivity index (χ3n) is 7.76. The Hall–Kier alpha value is -2.45. The number of rotatable bonds is 7. The quantitative estimate of drug-likeness (QED) is 0.376. The Morgan fingerprint density at radius 2 is 1.89 bits per heavy atom. The second-order valence-electron chi connectivity index (χ2n) is 9.73. The first kappa shape index (κ1) is 23.0. The van der Waals surface area contributed by atoms with Crippen LogP contribution in [0.3, 0.4) is 0 Å². The van der Waals surface area contributed by atoms with Gasteiger partial charge in [0.25, 0.3) is 0 Å². The summed E-state index contributed by atoms with van der Waals surface area (Å²) >= 11 is 1.87. The number of piperazine rings is 1. The van der Waals surface area contributed by atoms with Gasteiger partial charge in [0.15, 0.2) is 0 Å². The molecule has 1 N–H and O–H groups in total. The Labute approximate surface area is 211 Å². The van der Waals surface area contributed by atoms with Crippen LogP contribution in [0, 0.1) is 0 Å². The molecule has 6 nitrogen and oxygen atoms in total. The van der Waals surface area contributed by atoms with Crippen molar-refractivity contribution in [2.45, 2.75) is 31.8 Å². The lowest BCUT2D eigenvalue weighted by Crippen LogP contribution is -2.46. The Morgan fingerprint density at radius 1 is 1.00 bits per heavy atom. The summed E-state index contributed by atoms with van der Waals surface area (Å²) in [5, 5.41) is 2.54. The number of aromatic nitrogens is 3. The lowest BCUT2D eigenvalue weighted by molar-refractivity contribution is 0.121. The van der Waals surface area contributed by atoms with Gasteiger partial charge in [-0.05, 0) is 49.3 Å². The molecule has 1 fully saturated rings. The normalized spacial score (nSPS) is 19.5. The molecule has 4 aromatic rings. The smallest absolute Gasteiger partial charge is 0.0784 e. The van der Waals surface area contributed by atoms with Gasteiger partial charge in [0.05, 0.1) is 22.9 Å². The van der Waals surface area contributed by atoms with Gasteiger partial charge in [-0.3, -0.25) is 19.8 Å². The van der Waals surface area contributed by atoms with Gasteiger partial charge in [-0.2, -0.15) is 0 Å². The zero-order valence-electron chi connectivity index (χ0n) is 20.5. The first-order chi connectivity index (χ1) is 17.3. The number of nitrogens with zero attached hydrogens (tertiary/aromatic N) is 5. The number of hydrogen-bond acceptors (Lipinski definition) is 6. The fourth-order valence-corrected chi connectivity index (χ4v) is 6.36. The first-order valence-electron chi connectivity index (χ1n) is 12.8. The molecule has 6 rings (SSSR count). The van der Waals surface area contributed by atoms with E-state index in [9.17, 15) is 0 Å². The largest absolute Gasteiger partial charge is 0.353 e. The lowest BCUT2D eigenvalue weighted by Gasteiger charge is -2.38. The summed E-state index contributed by atoms with van der Waals surface area (Å²) in [6.45, 7) is 7.52. The van der Waals surface area contributed by atoms with E-state index >= 15 is 0 Å². The van der Waals surface area contributed by atoms with E-state index in [2.05, 4.69) is 67.8 Å². The molecule has 0 bridgehead atoms. The molecule has 2 aliphatic rings. The maximum Gasteiger partial charge on any atom is 0.0784 e. The minimum atomic E-state index is 0.342. The summed E-state index contributed by atoms with van der Waals surface area (Å²) in [5.41, 5.74) is 6.17. The highest BCUT2D eigenvalue weighted by Gasteiger charge is 2.29. The Kier molecular flexibility index (Phi) is 6.74. The molecular weight excluding hydrogens is 452 g/mol. The standard InChI is InChI=1S/C28H34N6S/c1-35-34-18-15-32(16-19-34)14-17-33(26-10-4-6-21-7-5-12-30-27(21)26)20-25-28-23(11-13-29-25)22-8-2-3-9-24(22)31-28/h2-3,5,7-9,11-13,26,31H,4,6,10,14-20H2,1H3. The Balaban J connectivity index is 1.30. The van der Waals surface area contributed by atoms with E-state index < -0.39 is 0 Å². The van der Waals surface area contributed by atoms with Gasteiger partial charge in [0.1, 0.15) is 0 Å². The molecule has 0 spiro atoms. The van der Waals surface area contributed by atoms with E-state index in [0.29, 0.717) is 6.04 Å². The van der Waals surface area contributed by atoms with E-state index in [1.54, 1.807) is 0 Å². The number of aryl methyl sites for hydroxylation is 1. The van der Waals surface area contributed by atoms with Crippen LogP contribution in [0.2, 0.25) is 0 Å². The van der Waals surface area contributed by atoms with Gasteiger partial charge in [0, 0.05) is 74.5 Å². The third-order valence-corrected chi connectivity index (χ3v) is 8.64. The predicted molar refractivity (Wildman–Crippen MR) is 145 cm³/mol. The van der Waals surface area contributed by atoms with Crippen LogP contribution in [-0.2, 0) is 13.0 Å². The topological polar surface area (TPSA) is 51.3 Å². The van der Waals surface area contributed by atoms with Crippen molar-refractivity contribution >= 4 is 33.8 Å². The molecule has 1 unspecified atom stereocenters. The number of pyridine rings is 2. The second kappa shape index (κ2) is 10.3. The van der Waals surface area contributed by atoms with Crippen molar-refractivity contribution in [3.05, 3.63) is 71.8 Å². The SMILES string of the molecule is CSN1CCN(CCN(Cc2nccc3c2[nH]c2ccccc23)C2CCCc3cccnc32)CC1. The van der Waals surface area contributed by atoms with Gasteiger partial charge in [-0.15, -0.1) is 0 Å². The summed E-state index contributed by atoms with van der Waals surface area (Å²) < 4.78 is 2.47. The average molecular weight is 487 g/mol. The van der Waals surface area contributed by atoms with Gasteiger partial charge in [-0.25, -0.2) is 4.31 Å². The number of hydrogen-bond donors (Lipinski definition) is 1.